The first kappa shape index (κ1) is 21.5. The Hall–Kier alpha value is -3.74. The Bertz CT molecular complexity index is 1370. The predicted molar refractivity (Wildman–Crippen MR) is 125 cm³/mol. The number of amides is 1. The molecule has 0 fully saturated rings. The summed E-state index contributed by atoms with van der Waals surface area (Å²) < 4.78 is 2.99. The van der Waals surface area contributed by atoms with Crippen molar-refractivity contribution in [1.82, 2.24) is 24.9 Å². The fraction of sp³-hybridized carbons (Fsp3) is 0.280. The first-order chi connectivity index (χ1) is 15.3. The van der Waals surface area contributed by atoms with Crippen LogP contribution in [0.5, 0.6) is 0 Å². The molecule has 7 heteroatoms. The zero-order valence-electron chi connectivity index (χ0n) is 19.0. The number of aromatic nitrogens is 4. The third-order valence-electron chi connectivity index (χ3n) is 5.72. The minimum absolute atomic E-state index is 0.269. The van der Waals surface area contributed by atoms with E-state index in [4.69, 9.17) is 0 Å². The summed E-state index contributed by atoms with van der Waals surface area (Å²) >= 11 is 0. The van der Waals surface area contributed by atoms with Crippen LogP contribution in [0.15, 0.2) is 53.3 Å². The second kappa shape index (κ2) is 8.42. The van der Waals surface area contributed by atoms with E-state index in [0.717, 1.165) is 33.5 Å². The highest BCUT2D eigenvalue weighted by atomic mass is 16.2. The van der Waals surface area contributed by atoms with E-state index in [-0.39, 0.29) is 11.5 Å². The quantitative estimate of drug-likeness (QED) is 0.525. The van der Waals surface area contributed by atoms with Gasteiger partial charge in [-0.2, -0.15) is 10.2 Å². The second-order valence-electron chi connectivity index (χ2n) is 8.27. The van der Waals surface area contributed by atoms with Gasteiger partial charge in [0.2, 0.25) is 5.91 Å². The Labute approximate surface area is 186 Å². The third kappa shape index (κ3) is 3.93. The molecular formula is C25H27N5O2. The molecule has 0 radical (unpaired) electrons. The molecule has 0 spiro atoms. The Kier molecular flexibility index (Phi) is 5.65. The summed E-state index contributed by atoms with van der Waals surface area (Å²) in [6.07, 6.45) is 0. The summed E-state index contributed by atoms with van der Waals surface area (Å²) in [5.41, 5.74) is 5.59. The van der Waals surface area contributed by atoms with Crippen molar-refractivity contribution in [3.63, 3.8) is 0 Å². The van der Waals surface area contributed by atoms with E-state index in [9.17, 15) is 9.59 Å². The van der Waals surface area contributed by atoms with Crippen molar-refractivity contribution >= 4 is 16.8 Å². The molecule has 0 aliphatic heterocycles. The lowest BCUT2D eigenvalue weighted by molar-refractivity contribution is -0.124. The fourth-order valence-corrected chi connectivity index (χ4v) is 3.92. The Morgan fingerprint density at radius 3 is 2.41 bits per heavy atom. The molecule has 0 aliphatic rings. The van der Waals surface area contributed by atoms with Gasteiger partial charge in [-0.15, -0.1) is 0 Å². The molecule has 4 rings (SSSR count). The van der Waals surface area contributed by atoms with Crippen molar-refractivity contribution in [3.05, 3.63) is 87.0 Å². The van der Waals surface area contributed by atoms with Crippen molar-refractivity contribution < 1.29 is 4.79 Å². The number of rotatable bonds is 5. The van der Waals surface area contributed by atoms with Crippen LogP contribution in [0.2, 0.25) is 0 Å². The van der Waals surface area contributed by atoms with Crippen LogP contribution in [-0.2, 0) is 11.3 Å². The van der Waals surface area contributed by atoms with Crippen LogP contribution in [0.3, 0.4) is 0 Å². The number of hydrogen-bond acceptors (Lipinski definition) is 4. The molecule has 1 atom stereocenters. The minimum atomic E-state index is -0.764. The van der Waals surface area contributed by atoms with Gasteiger partial charge < -0.3 is 5.32 Å². The van der Waals surface area contributed by atoms with E-state index in [1.165, 1.54) is 4.68 Å². The molecule has 0 saturated heterocycles. The molecule has 2 aromatic carbocycles. The molecule has 164 valence electrons. The normalized spacial score (nSPS) is 12.2. The summed E-state index contributed by atoms with van der Waals surface area (Å²) in [6, 6.07) is 15.1. The van der Waals surface area contributed by atoms with E-state index in [1.54, 1.807) is 11.6 Å². The van der Waals surface area contributed by atoms with Gasteiger partial charge in [0.25, 0.3) is 5.56 Å². The molecule has 32 heavy (non-hydrogen) atoms. The van der Waals surface area contributed by atoms with Crippen molar-refractivity contribution in [3.8, 4) is 5.69 Å². The summed E-state index contributed by atoms with van der Waals surface area (Å²) in [6.45, 7) is 9.86. The molecule has 1 N–H and O–H groups in total. The van der Waals surface area contributed by atoms with Crippen molar-refractivity contribution in [2.75, 3.05) is 0 Å². The predicted octanol–water partition coefficient (Wildman–Crippen LogP) is 3.69. The fourth-order valence-electron chi connectivity index (χ4n) is 3.92. The van der Waals surface area contributed by atoms with Crippen LogP contribution in [-0.4, -0.2) is 25.5 Å². The van der Waals surface area contributed by atoms with Gasteiger partial charge in [0, 0.05) is 6.54 Å². The van der Waals surface area contributed by atoms with Gasteiger partial charge in [0.15, 0.2) is 5.52 Å². The third-order valence-corrected chi connectivity index (χ3v) is 5.72. The smallest absolute Gasteiger partial charge is 0.295 e. The molecule has 0 bridgehead atoms. The van der Waals surface area contributed by atoms with Gasteiger partial charge in [-0.05, 0) is 52.3 Å². The summed E-state index contributed by atoms with van der Waals surface area (Å²) in [5, 5.41) is 12.7. The lowest BCUT2D eigenvalue weighted by Gasteiger charge is -2.15. The van der Waals surface area contributed by atoms with Crippen molar-refractivity contribution in [1.29, 1.82) is 0 Å². The zero-order chi connectivity index (χ0) is 23.0. The Balaban J connectivity index is 1.67. The SMILES string of the molecule is Cc1ccc(-n2nc3c(=O)n([C@H](C)C(=O)NCc4cccc(C)c4)nc(C)c3c2C)cc1. The molecule has 0 unspecified atom stereocenters. The number of carbonyl (C=O) groups excluding carboxylic acids is 1. The maximum absolute atomic E-state index is 13.2. The van der Waals surface area contributed by atoms with Crippen LogP contribution in [0.1, 0.15) is 41.0 Å². The molecule has 1 amide bonds. The standard InChI is InChI=1S/C25H27N5O2/c1-15-9-11-21(12-10-15)29-18(4)22-17(3)27-30(25(32)23(22)28-29)19(5)24(31)26-14-20-8-6-7-16(2)13-20/h6-13,19H,14H2,1-5H3,(H,26,31)/t19-/m1/s1. The lowest BCUT2D eigenvalue weighted by atomic mass is 10.1. The monoisotopic (exact) mass is 429 g/mol. The highest BCUT2D eigenvalue weighted by Crippen LogP contribution is 2.22. The largest absolute Gasteiger partial charge is 0.350 e. The minimum Gasteiger partial charge on any atom is -0.350 e. The van der Waals surface area contributed by atoms with Gasteiger partial charge in [0.05, 0.1) is 22.5 Å². The molecule has 0 saturated carbocycles. The van der Waals surface area contributed by atoms with Crippen LogP contribution in [0, 0.1) is 27.7 Å². The maximum Gasteiger partial charge on any atom is 0.295 e. The van der Waals surface area contributed by atoms with Crippen LogP contribution in [0.4, 0.5) is 0 Å². The molecule has 7 nitrogen and oxygen atoms in total. The van der Waals surface area contributed by atoms with E-state index < -0.39 is 6.04 Å². The number of benzene rings is 2. The summed E-state index contributed by atoms with van der Waals surface area (Å²) in [7, 11) is 0. The molecule has 2 heterocycles. The van der Waals surface area contributed by atoms with Crippen LogP contribution < -0.4 is 10.9 Å². The molecule has 2 aromatic heterocycles. The highest BCUT2D eigenvalue weighted by Gasteiger charge is 2.23. The van der Waals surface area contributed by atoms with Crippen molar-refractivity contribution in [2.45, 2.75) is 47.2 Å². The van der Waals surface area contributed by atoms with Gasteiger partial charge in [-0.3, -0.25) is 9.59 Å². The highest BCUT2D eigenvalue weighted by molar-refractivity contribution is 5.84. The second-order valence-corrected chi connectivity index (χ2v) is 8.27. The number of nitrogens with zero attached hydrogens (tertiary/aromatic N) is 4. The van der Waals surface area contributed by atoms with E-state index in [1.807, 2.05) is 76.2 Å². The van der Waals surface area contributed by atoms with E-state index >= 15 is 0 Å². The molecular weight excluding hydrogens is 402 g/mol. The van der Waals surface area contributed by atoms with Gasteiger partial charge in [-0.25, -0.2) is 9.36 Å². The van der Waals surface area contributed by atoms with Gasteiger partial charge in [-0.1, -0.05) is 47.5 Å². The zero-order valence-corrected chi connectivity index (χ0v) is 19.0. The first-order valence-electron chi connectivity index (χ1n) is 10.7. The Morgan fingerprint density at radius 1 is 1.00 bits per heavy atom. The maximum atomic E-state index is 13.2. The lowest BCUT2D eigenvalue weighted by Crippen LogP contribution is -2.37. The van der Waals surface area contributed by atoms with E-state index in [0.29, 0.717) is 17.8 Å². The number of carbonyl (C=O) groups is 1. The summed E-state index contributed by atoms with van der Waals surface area (Å²) in [5.74, 6) is -0.269. The average Bonchev–Trinajstić information content (AvgIpc) is 3.12. The first-order valence-corrected chi connectivity index (χ1v) is 10.7. The number of aryl methyl sites for hydroxylation is 4. The topological polar surface area (TPSA) is 81.8 Å². The average molecular weight is 430 g/mol. The van der Waals surface area contributed by atoms with Crippen LogP contribution in [0.25, 0.3) is 16.6 Å². The summed E-state index contributed by atoms with van der Waals surface area (Å²) in [4.78, 5) is 26.0. The number of hydrogen-bond donors (Lipinski definition) is 1. The van der Waals surface area contributed by atoms with Gasteiger partial charge >= 0.3 is 0 Å². The van der Waals surface area contributed by atoms with Crippen LogP contribution >= 0.6 is 0 Å². The molecule has 4 aromatic rings. The molecule has 0 aliphatic carbocycles. The number of nitrogens with one attached hydrogen (secondary N) is 1. The van der Waals surface area contributed by atoms with E-state index in [2.05, 4.69) is 15.5 Å². The van der Waals surface area contributed by atoms with Crippen molar-refractivity contribution in [2.24, 2.45) is 0 Å². The Morgan fingerprint density at radius 2 is 1.72 bits per heavy atom. The van der Waals surface area contributed by atoms with Gasteiger partial charge in [0.1, 0.15) is 6.04 Å². The number of fused-ring (bicyclic) bond motifs is 1.